The molecule has 1 aliphatic heterocycles. The van der Waals surface area contributed by atoms with Crippen molar-refractivity contribution in [1.29, 1.82) is 0 Å². The van der Waals surface area contributed by atoms with E-state index in [0.717, 1.165) is 30.7 Å². The number of benzene rings is 1. The smallest absolute Gasteiger partial charge is 0.434 e. The number of hydrogen-bond donors (Lipinski definition) is 3. The van der Waals surface area contributed by atoms with Crippen molar-refractivity contribution in [2.75, 3.05) is 20.2 Å². The molecule has 37 heavy (non-hydrogen) atoms. The minimum Gasteiger partial charge on any atom is -0.497 e. The number of hydrogen-bond acceptors (Lipinski definition) is 6. The lowest BCUT2D eigenvalue weighted by Crippen LogP contribution is -2.44. The number of carbonyl (C=O) groups excluding carboxylic acids is 2. The van der Waals surface area contributed by atoms with Crippen molar-refractivity contribution in [3.63, 3.8) is 0 Å². The molecule has 2 aliphatic rings. The van der Waals surface area contributed by atoms with Gasteiger partial charge in [-0.2, -0.15) is 0 Å². The zero-order chi connectivity index (χ0) is 26.4. The van der Waals surface area contributed by atoms with Gasteiger partial charge >= 0.3 is 11.8 Å². The maximum Gasteiger partial charge on any atom is 0.434 e. The molecule has 10 nitrogen and oxygen atoms in total. The number of rotatable bonds is 8. The van der Waals surface area contributed by atoms with Crippen LogP contribution in [0.1, 0.15) is 36.9 Å². The molecule has 11 heteroatoms. The van der Waals surface area contributed by atoms with E-state index in [1.165, 1.54) is 10.5 Å². The zero-order valence-corrected chi connectivity index (χ0v) is 21.4. The predicted octanol–water partition coefficient (Wildman–Crippen LogP) is 3.15. The summed E-state index contributed by atoms with van der Waals surface area (Å²) in [5, 5.41) is 13.8. The summed E-state index contributed by atoms with van der Waals surface area (Å²) < 4.78 is 5.63. The fourth-order valence-corrected chi connectivity index (χ4v) is 4.60. The first-order valence-corrected chi connectivity index (χ1v) is 12.7. The van der Waals surface area contributed by atoms with Crippen LogP contribution < -0.4 is 15.8 Å². The van der Waals surface area contributed by atoms with Gasteiger partial charge in [-0.05, 0) is 67.9 Å². The molecule has 1 atom stereocenters. The van der Waals surface area contributed by atoms with Gasteiger partial charge in [0, 0.05) is 18.1 Å². The Morgan fingerprint density at radius 3 is 2.59 bits per heavy atom. The number of piperidine rings is 1. The summed E-state index contributed by atoms with van der Waals surface area (Å²) in [5.41, 5.74) is 0.464. The number of H-pyrrole nitrogens is 1. The maximum atomic E-state index is 12.6. The molecule has 3 N–H and O–H groups in total. The number of allylic oxidation sites excluding steroid dienone is 2. The fraction of sp³-hybridized carbons (Fsp3) is 0.423. The number of carbonyl (C=O) groups is 2. The molecule has 0 spiro atoms. The fourth-order valence-electron chi connectivity index (χ4n) is 4.48. The third kappa shape index (κ3) is 6.76. The van der Waals surface area contributed by atoms with Gasteiger partial charge in [0.1, 0.15) is 11.5 Å². The van der Waals surface area contributed by atoms with Crippen LogP contribution in [0, 0.1) is 11.8 Å². The van der Waals surface area contributed by atoms with Crippen LogP contribution in [0.15, 0.2) is 53.0 Å². The molecule has 1 unspecified atom stereocenters. The number of aromatic hydroxyl groups is 1. The first kappa shape index (κ1) is 26.4. The molecule has 0 bridgehead atoms. The second-order valence-corrected chi connectivity index (χ2v) is 9.65. The molecule has 2 aromatic rings. The second-order valence-electron chi connectivity index (χ2n) is 9.21. The summed E-state index contributed by atoms with van der Waals surface area (Å²) in [6.07, 6.45) is 8.62. The zero-order valence-electron chi connectivity index (χ0n) is 20.6. The summed E-state index contributed by atoms with van der Waals surface area (Å²) in [5.74, 6) is -0.0494. The Labute approximate surface area is 219 Å². The largest absolute Gasteiger partial charge is 0.497 e. The Bertz CT molecular complexity index is 1220. The maximum absolute atomic E-state index is 12.6. The number of amides is 2. The van der Waals surface area contributed by atoms with Crippen LogP contribution in [0.5, 0.6) is 5.88 Å². The Kier molecular flexibility index (Phi) is 8.60. The molecule has 1 aromatic carbocycles. The van der Waals surface area contributed by atoms with Gasteiger partial charge in [-0.25, -0.2) is 9.59 Å². The van der Waals surface area contributed by atoms with Gasteiger partial charge in [-0.3, -0.25) is 4.79 Å². The Hall–Kier alpha value is -3.66. The first-order chi connectivity index (χ1) is 17.8. The van der Waals surface area contributed by atoms with E-state index in [4.69, 9.17) is 21.2 Å². The molecular weight excluding hydrogens is 500 g/mol. The number of methoxy groups -OCH3 is 1. The van der Waals surface area contributed by atoms with Crippen molar-refractivity contribution >= 4 is 23.6 Å². The normalized spacial score (nSPS) is 17.8. The number of nitrogens with one attached hydrogen (secondary N) is 2. The molecule has 1 aromatic heterocycles. The molecule has 1 fully saturated rings. The highest BCUT2D eigenvalue weighted by Crippen LogP contribution is 2.23. The third-order valence-corrected chi connectivity index (χ3v) is 7.03. The topological polar surface area (TPSA) is 126 Å². The van der Waals surface area contributed by atoms with Crippen LogP contribution in [0.25, 0.3) is 0 Å². The van der Waals surface area contributed by atoms with E-state index in [1.54, 1.807) is 19.3 Å². The van der Waals surface area contributed by atoms with E-state index in [9.17, 15) is 19.5 Å². The van der Waals surface area contributed by atoms with Crippen LogP contribution in [0.4, 0.5) is 4.79 Å². The highest BCUT2D eigenvalue weighted by molar-refractivity contribution is 6.30. The van der Waals surface area contributed by atoms with Gasteiger partial charge in [0.05, 0.1) is 19.6 Å². The van der Waals surface area contributed by atoms with Crippen molar-refractivity contribution in [2.24, 2.45) is 11.8 Å². The molecule has 1 aliphatic carbocycles. The lowest BCUT2D eigenvalue weighted by Gasteiger charge is -2.31. The van der Waals surface area contributed by atoms with Crippen LogP contribution in [-0.2, 0) is 22.5 Å². The number of aromatic amines is 1. The van der Waals surface area contributed by atoms with Gasteiger partial charge < -0.3 is 29.9 Å². The molecule has 4 rings (SSSR count). The molecule has 198 valence electrons. The standard InChI is InChI=1S/C26H31ClN4O6/c1-36-21-10-6-19(7-11-21)23(32)28-16-22-24(33)31(25(34)29-22)37-26(35)30-14-12-18(13-15-30)3-2-17-4-8-20(27)9-5-17/h4-6,8-11,18-19,33H,2-3,7,12-16H2,1H3,(H,28,32)(H,29,34). The molecule has 2 amide bonds. The third-order valence-electron chi connectivity index (χ3n) is 6.78. The van der Waals surface area contributed by atoms with Crippen molar-refractivity contribution < 1.29 is 24.3 Å². The number of halogens is 1. The van der Waals surface area contributed by atoms with Crippen LogP contribution in [0.2, 0.25) is 5.02 Å². The van der Waals surface area contributed by atoms with Crippen molar-refractivity contribution in [3.05, 3.63) is 75.0 Å². The second kappa shape index (κ2) is 12.1. The minimum absolute atomic E-state index is 0.0416. The summed E-state index contributed by atoms with van der Waals surface area (Å²) in [4.78, 5) is 46.5. The highest BCUT2D eigenvalue weighted by atomic mass is 35.5. The van der Waals surface area contributed by atoms with Crippen molar-refractivity contribution in [1.82, 2.24) is 19.9 Å². The van der Waals surface area contributed by atoms with Gasteiger partial charge in [-0.15, -0.1) is 0 Å². The quantitative estimate of drug-likeness (QED) is 0.481. The average Bonchev–Trinajstić information content (AvgIpc) is 3.19. The van der Waals surface area contributed by atoms with E-state index in [2.05, 4.69) is 10.3 Å². The summed E-state index contributed by atoms with van der Waals surface area (Å²) >= 11 is 5.94. The molecule has 0 radical (unpaired) electrons. The Balaban J connectivity index is 1.24. The summed E-state index contributed by atoms with van der Waals surface area (Å²) in [6.45, 7) is 0.872. The molecule has 1 saturated heterocycles. The Morgan fingerprint density at radius 1 is 1.22 bits per heavy atom. The molecule has 0 saturated carbocycles. The number of nitrogens with zero attached hydrogens (tertiary/aromatic N) is 2. The number of likely N-dealkylation sites (tertiary alicyclic amines) is 1. The number of aryl methyl sites for hydroxylation is 1. The minimum atomic E-state index is -0.807. The van der Waals surface area contributed by atoms with Gasteiger partial charge in [0.15, 0.2) is 0 Å². The van der Waals surface area contributed by atoms with E-state index in [-0.39, 0.29) is 24.1 Å². The van der Waals surface area contributed by atoms with Crippen LogP contribution in [-0.4, -0.2) is 51.9 Å². The predicted molar refractivity (Wildman–Crippen MR) is 137 cm³/mol. The number of imidazole rings is 1. The van der Waals surface area contributed by atoms with Crippen LogP contribution >= 0.6 is 11.6 Å². The van der Waals surface area contributed by atoms with Crippen LogP contribution in [0.3, 0.4) is 0 Å². The number of ether oxygens (including phenoxy) is 1. The van der Waals surface area contributed by atoms with E-state index >= 15 is 0 Å². The van der Waals surface area contributed by atoms with Gasteiger partial charge in [0.2, 0.25) is 5.91 Å². The number of aromatic nitrogens is 2. The van der Waals surface area contributed by atoms with E-state index in [1.807, 2.05) is 30.3 Å². The molecular formula is C26H31ClN4O6. The SMILES string of the molecule is COC1=CCC(C(=O)NCc2[nH]c(=O)n(OC(=O)N3CCC(CCc4ccc(Cl)cc4)CC3)c2O)C=C1. The van der Waals surface area contributed by atoms with E-state index < -0.39 is 17.7 Å². The van der Waals surface area contributed by atoms with Crippen molar-refractivity contribution in [2.45, 2.75) is 38.6 Å². The average molecular weight is 531 g/mol. The summed E-state index contributed by atoms with van der Waals surface area (Å²) in [7, 11) is 1.56. The summed E-state index contributed by atoms with van der Waals surface area (Å²) in [6, 6.07) is 7.82. The molecule has 2 heterocycles. The van der Waals surface area contributed by atoms with Gasteiger partial charge in [0.25, 0.3) is 5.88 Å². The van der Waals surface area contributed by atoms with E-state index in [0.29, 0.717) is 35.9 Å². The van der Waals surface area contributed by atoms with Crippen molar-refractivity contribution in [3.8, 4) is 5.88 Å². The van der Waals surface area contributed by atoms with Gasteiger partial charge in [-0.1, -0.05) is 34.5 Å². The first-order valence-electron chi connectivity index (χ1n) is 12.3. The monoisotopic (exact) mass is 530 g/mol. The highest BCUT2D eigenvalue weighted by Gasteiger charge is 2.26. The Morgan fingerprint density at radius 2 is 1.95 bits per heavy atom. The lowest BCUT2D eigenvalue weighted by molar-refractivity contribution is -0.123. The lowest BCUT2D eigenvalue weighted by atomic mass is 9.91.